The van der Waals surface area contributed by atoms with Crippen LogP contribution < -0.4 is 4.74 Å². The van der Waals surface area contributed by atoms with Crippen LogP contribution in [0.5, 0.6) is 5.75 Å². The van der Waals surface area contributed by atoms with Gasteiger partial charge in [0.15, 0.2) is 5.92 Å². The van der Waals surface area contributed by atoms with E-state index in [1.165, 1.54) is 13.2 Å². The molecule has 0 amide bonds. The van der Waals surface area contributed by atoms with E-state index in [2.05, 4.69) is 0 Å². The second-order valence-corrected chi connectivity index (χ2v) is 3.29. The summed E-state index contributed by atoms with van der Waals surface area (Å²) < 4.78 is 4.96. The fourth-order valence-corrected chi connectivity index (χ4v) is 1.19. The number of hydrogen-bond acceptors (Lipinski definition) is 3. The van der Waals surface area contributed by atoms with E-state index in [1.807, 2.05) is 0 Å². The summed E-state index contributed by atoms with van der Waals surface area (Å²) in [5.41, 5.74) is 0.707. The predicted molar refractivity (Wildman–Crippen MR) is 60.8 cm³/mol. The van der Waals surface area contributed by atoms with Crippen molar-refractivity contribution in [3.8, 4) is 5.75 Å². The van der Waals surface area contributed by atoms with Crippen molar-refractivity contribution in [3.63, 3.8) is 0 Å². The van der Waals surface area contributed by atoms with Gasteiger partial charge < -0.3 is 14.9 Å². The van der Waals surface area contributed by atoms with E-state index in [9.17, 15) is 9.59 Å². The number of carbonyl (C=O) groups is 2. The summed E-state index contributed by atoms with van der Waals surface area (Å²) in [5, 5.41) is 17.3. The first kappa shape index (κ1) is 12.8. The number of hydrogen-bond donors (Lipinski definition) is 2. The lowest BCUT2D eigenvalue weighted by atomic mass is 10.1. The van der Waals surface area contributed by atoms with Gasteiger partial charge in [-0.05, 0) is 17.7 Å². The molecular formula is C12H12O5. The third-order valence-electron chi connectivity index (χ3n) is 2.13. The van der Waals surface area contributed by atoms with Gasteiger partial charge in [-0.15, -0.1) is 0 Å². The smallest absolute Gasteiger partial charge is 0.321 e. The molecule has 0 aromatic heterocycles. The van der Waals surface area contributed by atoms with Crippen LogP contribution in [0, 0.1) is 5.92 Å². The van der Waals surface area contributed by atoms with Gasteiger partial charge in [0.25, 0.3) is 0 Å². The Hall–Kier alpha value is -2.30. The minimum atomic E-state index is -1.53. The van der Waals surface area contributed by atoms with Crippen molar-refractivity contribution in [2.24, 2.45) is 5.92 Å². The van der Waals surface area contributed by atoms with Gasteiger partial charge in [0.1, 0.15) is 5.75 Å². The Bertz CT molecular complexity index is 419. The molecule has 0 aliphatic carbocycles. The van der Waals surface area contributed by atoms with Crippen LogP contribution in [0.1, 0.15) is 5.56 Å². The van der Waals surface area contributed by atoms with Crippen molar-refractivity contribution in [3.05, 3.63) is 35.9 Å². The van der Waals surface area contributed by atoms with Crippen molar-refractivity contribution < 1.29 is 24.5 Å². The van der Waals surface area contributed by atoms with E-state index in [0.717, 1.165) is 6.08 Å². The van der Waals surface area contributed by atoms with E-state index in [1.54, 1.807) is 24.3 Å². The van der Waals surface area contributed by atoms with Gasteiger partial charge in [-0.25, -0.2) is 0 Å². The molecule has 1 aromatic rings. The minimum absolute atomic E-state index is 0.676. The molecule has 0 aliphatic rings. The highest BCUT2D eigenvalue weighted by atomic mass is 16.5. The first-order chi connectivity index (χ1) is 8.04. The maximum Gasteiger partial charge on any atom is 0.321 e. The van der Waals surface area contributed by atoms with Gasteiger partial charge in [0.2, 0.25) is 0 Å². The Balaban J connectivity index is 2.81. The molecule has 0 spiro atoms. The van der Waals surface area contributed by atoms with Crippen molar-refractivity contribution in [1.82, 2.24) is 0 Å². The summed E-state index contributed by atoms with van der Waals surface area (Å²) in [4.78, 5) is 21.2. The number of methoxy groups -OCH3 is 1. The molecule has 17 heavy (non-hydrogen) atoms. The maximum atomic E-state index is 10.6. The molecule has 1 aromatic carbocycles. The molecule has 0 saturated carbocycles. The number of carboxylic acid groups (broad SMARTS) is 2. The Morgan fingerprint density at radius 1 is 1.18 bits per heavy atom. The standard InChI is InChI=1S/C12H12O5/c1-17-9-5-2-8(3-6-9)4-7-10(11(13)14)12(15)16/h2-7,10H,1H3,(H,13,14)(H,15,16)/b7-4+. The third-order valence-corrected chi connectivity index (χ3v) is 2.13. The monoisotopic (exact) mass is 236 g/mol. The topological polar surface area (TPSA) is 83.8 Å². The molecule has 0 fully saturated rings. The van der Waals surface area contributed by atoms with Crippen LogP contribution in [-0.2, 0) is 9.59 Å². The molecule has 0 atom stereocenters. The zero-order valence-corrected chi connectivity index (χ0v) is 9.16. The molecule has 0 unspecified atom stereocenters. The van der Waals surface area contributed by atoms with Gasteiger partial charge in [-0.1, -0.05) is 24.3 Å². The first-order valence-corrected chi connectivity index (χ1v) is 4.82. The summed E-state index contributed by atoms with van der Waals surface area (Å²) >= 11 is 0. The lowest BCUT2D eigenvalue weighted by Gasteiger charge is -2.01. The Morgan fingerprint density at radius 3 is 2.12 bits per heavy atom. The van der Waals surface area contributed by atoms with Crippen molar-refractivity contribution in [2.75, 3.05) is 7.11 Å². The molecule has 1 rings (SSSR count). The second kappa shape index (κ2) is 5.69. The van der Waals surface area contributed by atoms with E-state index in [4.69, 9.17) is 14.9 Å². The molecule has 0 saturated heterocycles. The van der Waals surface area contributed by atoms with Gasteiger partial charge in [-0.2, -0.15) is 0 Å². The van der Waals surface area contributed by atoms with E-state index < -0.39 is 17.9 Å². The van der Waals surface area contributed by atoms with Gasteiger partial charge in [0, 0.05) is 0 Å². The number of carboxylic acids is 2. The number of aliphatic carboxylic acids is 2. The molecule has 0 bridgehead atoms. The first-order valence-electron chi connectivity index (χ1n) is 4.82. The van der Waals surface area contributed by atoms with Crippen LogP contribution in [0.3, 0.4) is 0 Å². The van der Waals surface area contributed by atoms with E-state index >= 15 is 0 Å². The van der Waals surface area contributed by atoms with Crippen LogP contribution in [0.25, 0.3) is 6.08 Å². The fraction of sp³-hybridized carbons (Fsp3) is 0.167. The molecule has 5 nitrogen and oxygen atoms in total. The van der Waals surface area contributed by atoms with Crippen molar-refractivity contribution >= 4 is 18.0 Å². The summed E-state index contributed by atoms with van der Waals surface area (Å²) in [6.45, 7) is 0. The fourth-order valence-electron chi connectivity index (χ4n) is 1.19. The van der Waals surface area contributed by atoms with Gasteiger partial charge in [-0.3, -0.25) is 9.59 Å². The van der Waals surface area contributed by atoms with Crippen LogP contribution >= 0.6 is 0 Å². The van der Waals surface area contributed by atoms with Crippen molar-refractivity contribution in [1.29, 1.82) is 0 Å². The zero-order valence-electron chi connectivity index (χ0n) is 9.16. The molecule has 0 radical (unpaired) electrons. The Kier molecular flexibility index (Phi) is 4.28. The number of ether oxygens (including phenoxy) is 1. The minimum Gasteiger partial charge on any atom is -0.497 e. The Labute approximate surface area is 98.0 Å². The van der Waals surface area contributed by atoms with Gasteiger partial charge >= 0.3 is 11.9 Å². The summed E-state index contributed by atoms with van der Waals surface area (Å²) in [5.74, 6) is -3.63. The number of rotatable bonds is 5. The molecule has 5 heteroatoms. The lowest BCUT2D eigenvalue weighted by Crippen LogP contribution is -2.20. The maximum absolute atomic E-state index is 10.6. The largest absolute Gasteiger partial charge is 0.497 e. The van der Waals surface area contributed by atoms with E-state index in [0.29, 0.717) is 11.3 Å². The zero-order chi connectivity index (χ0) is 12.8. The summed E-state index contributed by atoms with van der Waals surface area (Å²) in [7, 11) is 1.54. The van der Waals surface area contributed by atoms with Crippen LogP contribution in [0.2, 0.25) is 0 Å². The molecule has 90 valence electrons. The van der Waals surface area contributed by atoms with Crippen molar-refractivity contribution in [2.45, 2.75) is 0 Å². The predicted octanol–water partition coefficient (Wildman–Crippen LogP) is 1.49. The normalized spacial score (nSPS) is 10.7. The average Bonchev–Trinajstić information content (AvgIpc) is 2.29. The molecular weight excluding hydrogens is 224 g/mol. The molecule has 0 aliphatic heterocycles. The van der Waals surface area contributed by atoms with Gasteiger partial charge in [0.05, 0.1) is 7.11 Å². The summed E-state index contributed by atoms with van der Waals surface area (Å²) in [6.07, 6.45) is 2.58. The highest BCUT2D eigenvalue weighted by Gasteiger charge is 2.21. The van der Waals surface area contributed by atoms with E-state index in [-0.39, 0.29) is 0 Å². The SMILES string of the molecule is COc1ccc(/C=C/C(C(=O)O)C(=O)O)cc1. The lowest BCUT2D eigenvalue weighted by molar-refractivity contribution is -0.151. The molecule has 0 heterocycles. The van der Waals surface area contributed by atoms with Crippen LogP contribution in [0.15, 0.2) is 30.3 Å². The van der Waals surface area contributed by atoms with Crippen LogP contribution in [0.4, 0.5) is 0 Å². The van der Waals surface area contributed by atoms with Crippen LogP contribution in [-0.4, -0.2) is 29.3 Å². The second-order valence-electron chi connectivity index (χ2n) is 3.29. The summed E-state index contributed by atoms with van der Waals surface area (Å²) in [6, 6.07) is 6.82. The highest BCUT2D eigenvalue weighted by Crippen LogP contribution is 2.13. The third kappa shape index (κ3) is 3.64. The average molecular weight is 236 g/mol. The molecule has 2 N–H and O–H groups in total. The quantitative estimate of drug-likeness (QED) is 0.757. The Morgan fingerprint density at radius 2 is 1.71 bits per heavy atom. The highest BCUT2D eigenvalue weighted by molar-refractivity contribution is 5.95. The number of benzene rings is 1.